The normalized spacial score (nSPS) is 12.0. The van der Waals surface area contributed by atoms with Crippen LogP contribution in [0, 0.1) is 32.1 Å². The van der Waals surface area contributed by atoms with E-state index in [9.17, 15) is 10.1 Å². The summed E-state index contributed by atoms with van der Waals surface area (Å²) in [6.45, 7) is 7.32. The third-order valence-corrected chi connectivity index (χ3v) is 4.63. The van der Waals surface area contributed by atoms with E-state index in [4.69, 9.17) is 15.3 Å². The molecule has 0 aliphatic heterocycles. The van der Waals surface area contributed by atoms with Gasteiger partial charge in [-0.3, -0.25) is 9.48 Å². The maximum absolute atomic E-state index is 11.1. The van der Waals surface area contributed by atoms with Crippen molar-refractivity contribution in [3.8, 4) is 28.7 Å². The van der Waals surface area contributed by atoms with E-state index in [1.165, 1.54) is 0 Å². The van der Waals surface area contributed by atoms with E-state index in [1.807, 2.05) is 26.8 Å². The van der Waals surface area contributed by atoms with Crippen molar-refractivity contribution in [2.45, 2.75) is 40.2 Å². The summed E-state index contributed by atoms with van der Waals surface area (Å²) in [6, 6.07) is 7.14. The fraction of sp³-hybridized carbons (Fsp3) is 0.300. The molecule has 0 radical (unpaired) electrons. The summed E-state index contributed by atoms with van der Waals surface area (Å²) in [5, 5.41) is 23.1. The lowest BCUT2D eigenvalue weighted by Crippen LogP contribution is -2.13. The van der Waals surface area contributed by atoms with Gasteiger partial charge in [0.1, 0.15) is 29.0 Å². The Balaban J connectivity index is 2.18. The van der Waals surface area contributed by atoms with Crippen LogP contribution in [0.25, 0.3) is 22.6 Å². The van der Waals surface area contributed by atoms with Gasteiger partial charge in [-0.15, -0.1) is 0 Å². The largest absolute Gasteiger partial charge is 0.481 e. The zero-order valence-corrected chi connectivity index (χ0v) is 16.1. The molecule has 1 unspecified atom stereocenters. The first-order chi connectivity index (χ1) is 13.2. The van der Waals surface area contributed by atoms with Crippen LogP contribution in [0.15, 0.2) is 22.6 Å². The number of nitriles is 1. The number of nitrogen functional groups attached to an aromatic ring is 1. The molecular formula is C20H21N5O3. The van der Waals surface area contributed by atoms with Crippen molar-refractivity contribution in [2.75, 3.05) is 5.73 Å². The molecule has 8 heteroatoms. The molecule has 0 saturated heterocycles. The second kappa shape index (κ2) is 7.19. The average molecular weight is 379 g/mol. The molecule has 3 aromatic heterocycles. The van der Waals surface area contributed by atoms with Gasteiger partial charge in [0.15, 0.2) is 0 Å². The van der Waals surface area contributed by atoms with Gasteiger partial charge in [-0.05, 0) is 45.9 Å². The van der Waals surface area contributed by atoms with Gasteiger partial charge < -0.3 is 15.3 Å². The second-order valence-corrected chi connectivity index (χ2v) is 6.77. The third kappa shape index (κ3) is 3.34. The first kappa shape index (κ1) is 19.2. The molecule has 3 aromatic rings. The van der Waals surface area contributed by atoms with E-state index in [2.05, 4.69) is 16.2 Å². The number of hydrogen-bond acceptors (Lipinski definition) is 6. The number of anilines is 1. The summed E-state index contributed by atoms with van der Waals surface area (Å²) in [4.78, 5) is 15.5. The van der Waals surface area contributed by atoms with Gasteiger partial charge in [-0.1, -0.05) is 0 Å². The van der Waals surface area contributed by atoms with Crippen molar-refractivity contribution in [3.63, 3.8) is 0 Å². The number of nitrogens with two attached hydrogens (primary N) is 1. The highest BCUT2D eigenvalue weighted by atomic mass is 16.4. The second-order valence-electron chi connectivity index (χ2n) is 6.77. The van der Waals surface area contributed by atoms with Crippen LogP contribution >= 0.6 is 0 Å². The quantitative estimate of drug-likeness (QED) is 0.692. The van der Waals surface area contributed by atoms with Gasteiger partial charge in [0, 0.05) is 16.8 Å². The minimum absolute atomic E-state index is 0.0404. The predicted octanol–water partition coefficient (Wildman–Crippen LogP) is 3.62. The number of furan rings is 1. The Bertz CT molecular complexity index is 1100. The molecule has 0 aliphatic carbocycles. The molecule has 0 saturated carbocycles. The predicted molar refractivity (Wildman–Crippen MR) is 103 cm³/mol. The Morgan fingerprint density at radius 3 is 2.68 bits per heavy atom. The smallest absolute Gasteiger partial charge is 0.305 e. The molecule has 8 nitrogen and oxygen atoms in total. The SMILES string of the molecule is Cc1ccc(-c2cc(-c3c(C)nn(C(C)CC(=O)O)c3C)nc(N)c2C#N)o1. The highest BCUT2D eigenvalue weighted by Gasteiger charge is 2.22. The van der Waals surface area contributed by atoms with Crippen LogP contribution in [-0.2, 0) is 4.79 Å². The summed E-state index contributed by atoms with van der Waals surface area (Å²) < 4.78 is 7.37. The van der Waals surface area contributed by atoms with Crippen molar-refractivity contribution in [1.82, 2.24) is 14.8 Å². The Morgan fingerprint density at radius 1 is 1.39 bits per heavy atom. The van der Waals surface area contributed by atoms with Crippen LogP contribution in [0.2, 0.25) is 0 Å². The molecule has 0 aliphatic rings. The van der Waals surface area contributed by atoms with E-state index in [0.717, 1.165) is 17.0 Å². The summed E-state index contributed by atoms with van der Waals surface area (Å²) in [5.74, 6) is 0.469. The number of carbonyl (C=O) groups is 1. The molecular weight excluding hydrogens is 358 g/mol. The molecule has 0 aromatic carbocycles. The van der Waals surface area contributed by atoms with Crippen LogP contribution in [-0.4, -0.2) is 25.8 Å². The zero-order valence-electron chi connectivity index (χ0n) is 16.1. The van der Waals surface area contributed by atoms with Crippen LogP contribution in [0.1, 0.15) is 42.1 Å². The molecule has 0 spiro atoms. The van der Waals surface area contributed by atoms with Crippen LogP contribution < -0.4 is 5.73 Å². The number of pyridine rings is 1. The van der Waals surface area contributed by atoms with Gasteiger partial charge in [0.2, 0.25) is 0 Å². The average Bonchev–Trinajstić information content (AvgIpc) is 3.16. The molecule has 1 atom stereocenters. The summed E-state index contributed by atoms with van der Waals surface area (Å²) in [5.41, 5.74) is 9.68. The van der Waals surface area contributed by atoms with Gasteiger partial charge in [0.05, 0.1) is 23.9 Å². The van der Waals surface area contributed by atoms with Crippen molar-refractivity contribution in [3.05, 3.63) is 40.9 Å². The molecule has 0 fully saturated rings. The zero-order chi connectivity index (χ0) is 20.6. The number of aromatic nitrogens is 3. The first-order valence-electron chi connectivity index (χ1n) is 8.78. The Kier molecular flexibility index (Phi) is 4.92. The van der Waals surface area contributed by atoms with Gasteiger partial charge in [-0.2, -0.15) is 10.4 Å². The Hall–Kier alpha value is -3.60. The summed E-state index contributed by atoms with van der Waals surface area (Å²) in [6.07, 6.45) is -0.0404. The number of rotatable bonds is 5. The number of hydrogen-bond donors (Lipinski definition) is 2. The first-order valence-corrected chi connectivity index (χ1v) is 8.78. The summed E-state index contributed by atoms with van der Waals surface area (Å²) >= 11 is 0. The molecule has 144 valence electrons. The molecule has 28 heavy (non-hydrogen) atoms. The van der Waals surface area contributed by atoms with Crippen molar-refractivity contribution >= 4 is 11.8 Å². The van der Waals surface area contributed by atoms with E-state index >= 15 is 0 Å². The molecule has 0 bridgehead atoms. The van der Waals surface area contributed by atoms with Crippen molar-refractivity contribution in [1.29, 1.82) is 5.26 Å². The Labute approximate surface area is 162 Å². The lowest BCUT2D eigenvalue weighted by molar-refractivity contribution is -0.137. The number of aliphatic carboxylic acids is 1. The summed E-state index contributed by atoms with van der Waals surface area (Å²) in [7, 11) is 0. The number of carboxylic acid groups (broad SMARTS) is 1. The Morgan fingerprint density at radius 2 is 2.11 bits per heavy atom. The van der Waals surface area contributed by atoms with E-state index in [1.54, 1.807) is 23.7 Å². The molecule has 0 amide bonds. The van der Waals surface area contributed by atoms with E-state index in [0.29, 0.717) is 22.7 Å². The number of aryl methyl sites for hydroxylation is 2. The van der Waals surface area contributed by atoms with Crippen LogP contribution in [0.3, 0.4) is 0 Å². The van der Waals surface area contributed by atoms with Crippen molar-refractivity contribution in [2.24, 2.45) is 0 Å². The van der Waals surface area contributed by atoms with Crippen LogP contribution in [0.4, 0.5) is 5.82 Å². The van der Waals surface area contributed by atoms with Gasteiger partial charge in [-0.25, -0.2) is 4.98 Å². The van der Waals surface area contributed by atoms with E-state index in [-0.39, 0.29) is 23.8 Å². The number of nitrogens with zero attached hydrogens (tertiary/aromatic N) is 4. The van der Waals surface area contributed by atoms with E-state index < -0.39 is 5.97 Å². The third-order valence-electron chi connectivity index (χ3n) is 4.63. The standard InChI is InChI=1S/C20H21N5O3/c1-10(7-18(26)27)25-13(4)19(12(3)24-25)16-8-14(15(9-21)20(22)23-16)17-6-5-11(2)28-17/h5-6,8,10H,7H2,1-4H3,(H2,22,23)(H,26,27). The van der Waals surface area contributed by atoms with Crippen molar-refractivity contribution < 1.29 is 14.3 Å². The minimum atomic E-state index is -0.891. The highest BCUT2D eigenvalue weighted by Crippen LogP contribution is 2.35. The lowest BCUT2D eigenvalue weighted by atomic mass is 10.0. The molecule has 3 heterocycles. The maximum atomic E-state index is 11.1. The maximum Gasteiger partial charge on any atom is 0.305 e. The topological polar surface area (TPSA) is 131 Å². The molecule has 3 N–H and O–H groups in total. The van der Waals surface area contributed by atoms with Gasteiger partial charge >= 0.3 is 5.97 Å². The molecule has 3 rings (SSSR count). The minimum Gasteiger partial charge on any atom is -0.481 e. The van der Waals surface area contributed by atoms with Gasteiger partial charge in [0.25, 0.3) is 0 Å². The fourth-order valence-electron chi connectivity index (χ4n) is 3.39. The highest BCUT2D eigenvalue weighted by molar-refractivity contribution is 5.79. The number of carboxylic acids is 1. The lowest BCUT2D eigenvalue weighted by Gasteiger charge is -2.13. The van der Waals surface area contributed by atoms with Crippen LogP contribution in [0.5, 0.6) is 0 Å². The monoisotopic (exact) mass is 379 g/mol. The fourth-order valence-corrected chi connectivity index (χ4v) is 3.39.